The minimum atomic E-state index is -0.713. The molecular formula is C16H26N2O3. The molecule has 0 spiro atoms. The fraction of sp³-hybridized carbons (Fsp3) is 0.750. The summed E-state index contributed by atoms with van der Waals surface area (Å²) in [5, 5.41) is 4.30. The summed E-state index contributed by atoms with van der Waals surface area (Å²) in [5.41, 5.74) is -0.155. The fourth-order valence-corrected chi connectivity index (χ4v) is 3.17. The summed E-state index contributed by atoms with van der Waals surface area (Å²) in [5.74, 6) is 0.573. The average Bonchev–Trinajstić information content (AvgIpc) is 2.75. The van der Waals surface area contributed by atoms with Gasteiger partial charge in [0.05, 0.1) is 13.3 Å². The number of aromatic nitrogens is 2. The molecular weight excluding hydrogens is 268 g/mol. The van der Waals surface area contributed by atoms with E-state index in [4.69, 9.17) is 9.47 Å². The van der Waals surface area contributed by atoms with E-state index in [9.17, 15) is 4.79 Å². The van der Waals surface area contributed by atoms with Gasteiger partial charge in [0.1, 0.15) is 11.3 Å². The molecule has 1 fully saturated rings. The van der Waals surface area contributed by atoms with E-state index in [1.54, 1.807) is 25.1 Å². The van der Waals surface area contributed by atoms with Crippen molar-refractivity contribution in [1.82, 2.24) is 9.78 Å². The van der Waals surface area contributed by atoms with Gasteiger partial charge >= 0.3 is 0 Å². The summed E-state index contributed by atoms with van der Waals surface area (Å²) < 4.78 is 12.8. The summed E-state index contributed by atoms with van der Waals surface area (Å²) in [6, 6.07) is 0. The normalized spacial score (nSPS) is 18.2. The van der Waals surface area contributed by atoms with Crippen LogP contribution in [0.25, 0.3) is 0 Å². The van der Waals surface area contributed by atoms with Gasteiger partial charge in [-0.25, -0.2) is 0 Å². The van der Waals surface area contributed by atoms with E-state index < -0.39 is 5.60 Å². The van der Waals surface area contributed by atoms with Crippen molar-refractivity contribution < 1.29 is 14.3 Å². The first-order valence-corrected chi connectivity index (χ1v) is 7.88. The smallest absolute Gasteiger partial charge is 0.216 e. The van der Waals surface area contributed by atoms with Gasteiger partial charge in [0.25, 0.3) is 0 Å². The third-order valence-corrected chi connectivity index (χ3v) is 4.39. The van der Waals surface area contributed by atoms with Gasteiger partial charge in [0.15, 0.2) is 5.75 Å². The minimum Gasteiger partial charge on any atom is -0.493 e. The third-order valence-electron chi connectivity index (χ3n) is 4.39. The summed E-state index contributed by atoms with van der Waals surface area (Å²) in [6.07, 6.45) is 8.51. The Balaban J connectivity index is 2.38. The van der Waals surface area contributed by atoms with E-state index >= 15 is 0 Å². The topological polar surface area (TPSA) is 53.4 Å². The second-order valence-corrected chi connectivity index (χ2v) is 5.73. The SMILES string of the molecule is CCCn1ncc(OC)c1C(=O)C1(OC)CCCCCC1. The van der Waals surface area contributed by atoms with Crippen molar-refractivity contribution in [2.45, 2.75) is 64.0 Å². The van der Waals surface area contributed by atoms with Gasteiger partial charge in [-0.3, -0.25) is 9.48 Å². The summed E-state index contributed by atoms with van der Waals surface area (Å²) >= 11 is 0. The summed E-state index contributed by atoms with van der Waals surface area (Å²) in [7, 11) is 3.23. The summed E-state index contributed by atoms with van der Waals surface area (Å²) in [6.45, 7) is 2.78. The first-order valence-electron chi connectivity index (χ1n) is 7.88. The van der Waals surface area contributed by atoms with Crippen molar-refractivity contribution in [2.24, 2.45) is 0 Å². The number of rotatable bonds is 6. The molecule has 1 aromatic heterocycles. The maximum Gasteiger partial charge on any atom is 0.216 e. The number of carbonyl (C=O) groups excluding carboxylic acids is 1. The van der Waals surface area contributed by atoms with Crippen LogP contribution in [0, 0.1) is 0 Å². The number of aryl methyl sites for hydroxylation is 1. The highest BCUT2D eigenvalue weighted by Gasteiger charge is 2.42. The highest BCUT2D eigenvalue weighted by molar-refractivity contribution is 6.03. The Morgan fingerprint density at radius 2 is 1.95 bits per heavy atom. The van der Waals surface area contributed by atoms with Crippen LogP contribution < -0.4 is 4.74 Å². The predicted octanol–water partition coefficient (Wildman–Crippen LogP) is 3.22. The number of nitrogens with zero attached hydrogens (tertiary/aromatic N) is 2. The lowest BCUT2D eigenvalue weighted by Gasteiger charge is -2.30. The van der Waals surface area contributed by atoms with E-state index in [-0.39, 0.29) is 5.78 Å². The van der Waals surface area contributed by atoms with Gasteiger partial charge in [0.2, 0.25) is 5.78 Å². The van der Waals surface area contributed by atoms with Crippen LogP contribution in [0.5, 0.6) is 5.75 Å². The molecule has 1 aromatic rings. The predicted molar refractivity (Wildman–Crippen MR) is 80.8 cm³/mol. The molecule has 2 rings (SSSR count). The van der Waals surface area contributed by atoms with Crippen LogP contribution in [0.2, 0.25) is 0 Å². The number of Topliss-reactive ketones (excluding diaryl/α,β-unsaturated/α-hetero) is 1. The molecule has 0 N–H and O–H groups in total. The zero-order valence-corrected chi connectivity index (χ0v) is 13.4. The van der Waals surface area contributed by atoms with Crippen molar-refractivity contribution in [3.63, 3.8) is 0 Å². The largest absolute Gasteiger partial charge is 0.493 e. The monoisotopic (exact) mass is 294 g/mol. The van der Waals surface area contributed by atoms with Gasteiger partial charge in [0, 0.05) is 13.7 Å². The highest BCUT2D eigenvalue weighted by atomic mass is 16.5. The molecule has 1 aliphatic carbocycles. The van der Waals surface area contributed by atoms with Crippen LogP contribution in [0.4, 0.5) is 0 Å². The van der Waals surface area contributed by atoms with Crippen LogP contribution >= 0.6 is 0 Å². The lowest BCUT2D eigenvalue weighted by molar-refractivity contribution is -0.00794. The van der Waals surface area contributed by atoms with Crippen molar-refractivity contribution in [3.8, 4) is 5.75 Å². The van der Waals surface area contributed by atoms with Crippen LogP contribution in [0.15, 0.2) is 6.20 Å². The summed E-state index contributed by atoms with van der Waals surface area (Å²) in [4.78, 5) is 13.2. The van der Waals surface area contributed by atoms with Gasteiger partial charge in [-0.2, -0.15) is 5.10 Å². The number of ether oxygens (including phenoxy) is 2. The zero-order valence-electron chi connectivity index (χ0n) is 13.4. The van der Waals surface area contributed by atoms with Gasteiger partial charge in [-0.15, -0.1) is 0 Å². The van der Waals surface area contributed by atoms with Crippen molar-refractivity contribution in [2.75, 3.05) is 14.2 Å². The van der Waals surface area contributed by atoms with Crippen LogP contribution in [-0.4, -0.2) is 35.4 Å². The van der Waals surface area contributed by atoms with E-state index in [0.717, 1.165) is 32.1 Å². The highest BCUT2D eigenvalue weighted by Crippen LogP contribution is 2.35. The molecule has 0 atom stereocenters. The maximum atomic E-state index is 13.2. The Labute approximate surface area is 126 Å². The van der Waals surface area contributed by atoms with Crippen molar-refractivity contribution in [1.29, 1.82) is 0 Å². The molecule has 0 bridgehead atoms. The lowest BCUT2D eigenvalue weighted by atomic mass is 9.87. The maximum absolute atomic E-state index is 13.2. The number of ketones is 1. The van der Waals surface area contributed by atoms with E-state index in [2.05, 4.69) is 12.0 Å². The molecule has 0 aromatic carbocycles. The molecule has 0 radical (unpaired) electrons. The third kappa shape index (κ3) is 3.12. The minimum absolute atomic E-state index is 0.0229. The molecule has 5 nitrogen and oxygen atoms in total. The van der Waals surface area contributed by atoms with Gasteiger partial charge in [-0.05, 0) is 19.3 Å². The first kappa shape index (κ1) is 16.0. The Morgan fingerprint density at radius 3 is 2.48 bits per heavy atom. The Hall–Kier alpha value is -1.36. The first-order chi connectivity index (χ1) is 10.2. The molecule has 118 valence electrons. The second-order valence-electron chi connectivity index (χ2n) is 5.73. The van der Waals surface area contributed by atoms with Gasteiger partial charge < -0.3 is 9.47 Å². The molecule has 1 aliphatic rings. The Bertz CT molecular complexity index is 474. The molecule has 21 heavy (non-hydrogen) atoms. The number of methoxy groups -OCH3 is 2. The number of hydrogen-bond acceptors (Lipinski definition) is 4. The Morgan fingerprint density at radius 1 is 1.29 bits per heavy atom. The van der Waals surface area contributed by atoms with Crippen molar-refractivity contribution >= 4 is 5.78 Å². The molecule has 5 heteroatoms. The van der Waals surface area contributed by atoms with E-state index in [0.29, 0.717) is 18.0 Å². The zero-order chi connectivity index (χ0) is 15.3. The van der Waals surface area contributed by atoms with Crippen LogP contribution in [-0.2, 0) is 11.3 Å². The van der Waals surface area contributed by atoms with Crippen molar-refractivity contribution in [3.05, 3.63) is 11.9 Å². The quantitative estimate of drug-likeness (QED) is 0.597. The Kier molecular flexibility index (Phi) is 5.39. The van der Waals surface area contributed by atoms with Crippen LogP contribution in [0.3, 0.4) is 0 Å². The van der Waals surface area contributed by atoms with E-state index in [1.807, 2.05) is 0 Å². The lowest BCUT2D eigenvalue weighted by Crippen LogP contribution is -2.41. The molecule has 1 saturated carbocycles. The molecule has 1 heterocycles. The standard InChI is InChI=1S/C16H26N2O3/c1-4-11-18-14(13(20-2)12-17-18)15(19)16(21-3)9-7-5-6-8-10-16/h12H,4-11H2,1-3H3. The fourth-order valence-electron chi connectivity index (χ4n) is 3.17. The van der Waals surface area contributed by atoms with Gasteiger partial charge in [-0.1, -0.05) is 32.6 Å². The average molecular weight is 294 g/mol. The molecule has 0 aliphatic heterocycles. The molecule has 0 amide bonds. The molecule has 0 saturated heterocycles. The van der Waals surface area contributed by atoms with E-state index in [1.165, 1.54) is 12.8 Å². The van der Waals surface area contributed by atoms with Crippen LogP contribution in [0.1, 0.15) is 62.4 Å². The number of hydrogen-bond donors (Lipinski definition) is 0. The molecule has 0 unspecified atom stereocenters. The second kappa shape index (κ2) is 7.07. The number of carbonyl (C=O) groups is 1.